The van der Waals surface area contributed by atoms with E-state index in [0.29, 0.717) is 13.0 Å². The molecule has 0 aromatic heterocycles. The molecule has 3 rings (SSSR count). The third kappa shape index (κ3) is 6.02. The van der Waals surface area contributed by atoms with Gasteiger partial charge in [0.15, 0.2) is 5.78 Å². The lowest BCUT2D eigenvalue weighted by Crippen LogP contribution is -2.29. The van der Waals surface area contributed by atoms with Crippen LogP contribution in [-0.4, -0.2) is 42.8 Å². The molecule has 0 aliphatic carbocycles. The van der Waals surface area contributed by atoms with Crippen LogP contribution in [0.5, 0.6) is 5.75 Å². The molecule has 1 aromatic carbocycles. The van der Waals surface area contributed by atoms with Crippen molar-refractivity contribution in [2.75, 3.05) is 26.2 Å². The summed E-state index contributed by atoms with van der Waals surface area (Å²) in [5, 5.41) is 3.20. The first-order valence-electron chi connectivity index (χ1n) is 9.24. The summed E-state index contributed by atoms with van der Waals surface area (Å²) in [6.07, 6.45) is 8.29. The monoisotopic (exact) mass is 341 g/mol. The highest BCUT2D eigenvalue weighted by Gasteiger charge is 2.11. The fourth-order valence-corrected chi connectivity index (χ4v) is 3.19. The summed E-state index contributed by atoms with van der Waals surface area (Å²) < 4.78 is 5.87. The van der Waals surface area contributed by atoms with Gasteiger partial charge < -0.3 is 10.1 Å². The predicted octanol–water partition coefficient (Wildman–Crippen LogP) is 2.92. The van der Waals surface area contributed by atoms with Crippen molar-refractivity contribution in [1.82, 2.24) is 10.2 Å². The summed E-state index contributed by atoms with van der Waals surface area (Å²) in [6.45, 7) is 4.83. The van der Waals surface area contributed by atoms with Gasteiger partial charge in [-0.25, -0.2) is 4.99 Å². The van der Waals surface area contributed by atoms with E-state index in [4.69, 9.17) is 4.74 Å². The van der Waals surface area contributed by atoms with E-state index in [9.17, 15) is 4.79 Å². The molecule has 0 atom stereocenters. The van der Waals surface area contributed by atoms with Gasteiger partial charge in [-0.05, 0) is 56.1 Å². The standard InChI is InChI=1S/C20H27N3O2/c24-18-8-10-22-20(15-18)21-9-5-13-25-19-7-4-6-17(14-19)16-23-11-2-1-3-12-23/h4,6-8,10,14H,1-3,5,9,11-13,15-16H2,(H,21,22). The number of benzene rings is 1. The van der Waals surface area contributed by atoms with Crippen molar-refractivity contribution in [3.8, 4) is 5.75 Å². The summed E-state index contributed by atoms with van der Waals surface area (Å²) in [7, 11) is 0. The summed E-state index contributed by atoms with van der Waals surface area (Å²) in [6, 6.07) is 8.41. The second-order valence-electron chi connectivity index (χ2n) is 6.65. The second-order valence-corrected chi connectivity index (χ2v) is 6.65. The minimum absolute atomic E-state index is 0.0965. The Morgan fingerprint density at radius 3 is 2.92 bits per heavy atom. The maximum Gasteiger partial charge on any atom is 0.164 e. The number of nitrogens with zero attached hydrogens (tertiary/aromatic N) is 2. The molecular formula is C20H27N3O2. The maximum absolute atomic E-state index is 11.3. The van der Waals surface area contributed by atoms with E-state index in [-0.39, 0.29) is 5.78 Å². The smallest absolute Gasteiger partial charge is 0.164 e. The molecule has 5 heteroatoms. The van der Waals surface area contributed by atoms with Crippen molar-refractivity contribution in [2.45, 2.75) is 38.6 Å². The first kappa shape index (κ1) is 17.7. The van der Waals surface area contributed by atoms with E-state index in [1.807, 2.05) is 6.07 Å². The molecule has 2 heterocycles. The van der Waals surface area contributed by atoms with Gasteiger partial charge in [0, 0.05) is 19.3 Å². The van der Waals surface area contributed by atoms with Crippen LogP contribution >= 0.6 is 0 Å². The summed E-state index contributed by atoms with van der Waals surface area (Å²) >= 11 is 0. The number of piperidine rings is 1. The Balaban J connectivity index is 1.36. The van der Waals surface area contributed by atoms with Gasteiger partial charge in [-0.2, -0.15) is 0 Å². The highest BCUT2D eigenvalue weighted by molar-refractivity contribution is 6.07. The molecule has 134 valence electrons. The quantitative estimate of drug-likeness (QED) is 0.775. The molecule has 0 spiro atoms. The van der Waals surface area contributed by atoms with Crippen LogP contribution in [0.3, 0.4) is 0 Å². The fourth-order valence-electron chi connectivity index (χ4n) is 3.19. The first-order valence-corrected chi connectivity index (χ1v) is 9.24. The number of rotatable bonds is 7. The number of aliphatic imine (C=N–C) groups is 1. The first-order chi connectivity index (χ1) is 12.3. The number of ketones is 1. The lowest BCUT2D eigenvalue weighted by molar-refractivity contribution is -0.113. The van der Waals surface area contributed by atoms with E-state index < -0.39 is 0 Å². The average molecular weight is 341 g/mol. The molecule has 0 saturated carbocycles. The van der Waals surface area contributed by atoms with Gasteiger partial charge in [0.25, 0.3) is 0 Å². The van der Waals surface area contributed by atoms with Crippen molar-refractivity contribution in [3.63, 3.8) is 0 Å². The van der Waals surface area contributed by atoms with Crippen LogP contribution in [0.15, 0.2) is 41.5 Å². The molecule has 5 nitrogen and oxygen atoms in total. The Hall–Kier alpha value is -2.14. The number of hydrogen-bond acceptors (Lipinski definition) is 5. The Labute approximate surface area is 149 Å². The average Bonchev–Trinajstić information content (AvgIpc) is 2.63. The van der Waals surface area contributed by atoms with Crippen LogP contribution in [0.2, 0.25) is 0 Å². The highest BCUT2D eigenvalue weighted by Crippen LogP contribution is 2.17. The predicted molar refractivity (Wildman–Crippen MR) is 99.9 cm³/mol. The Morgan fingerprint density at radius 1 is 1.20 bits per heavy atom. The van der Waals surface area contributed by atoms with E-state index >= 15 is 0 Å². The summed E-state index contributed by atoms with van der Waals surface area (Å²) in [5.74, 6) is 1.78. The molecule has 1 N–H and O–H groups in total. The Bertz CT molecular complexity index is 634. The summed E-state index contributed by atoms with van der Waals surface area (Å²) in [5.41, 5.74) is 1.32. The number of carbonyl (C=O) groups is 1. The molecule has 0 amide bonds. The topological polar surface area (TPSA) is 53.9 Å². The van der Waals surface area contributed by atoms with Crippen molar-refractivity contribution >= 4 is 11.6 Å². The largest absolute Gasteiger partial charge is 0.494 e. The van der Waals surface area contributed by atoms with Crippen molar-refractivity contribution < 1.29 is 9.53 Å². The fraction of sp³-hybridized carbons (Fsp3) is 0.500. The van der Waals surface area contributed by atoms with Crippen molar-refractivity contribution in [2.24, 2.45) is 4.99 Å². The third-order valence-electron chi connectivity index (χ3n) is 4.50. The number of allylic oxidation sites excluding steroid dienone is 1. The van der Waals surface area contributed by atoms with Crippen LogP contribution < -0.4 is 10.1 Å². The van der Waals surface area contributed by atoms with Gasteiger partial charge in [0.1, 0.15) is 11.6 Å². The zero-order chi connectivity index (χ0) is 17.3. The molecule has 1 aromatic rings. The van der Waals surface area contributed by atoms with Crippen LogP contribution in [-0.2, 0) is 11.3 Å². The zero-order valence-corrected chi connectivity index (χ0v) is 14.7. The molecule has 2 aliphatic heterocycles. The molecule has 0 radical (unpaired) electrons. The third-order valence-corrected chi connectivity index (χ3v) is 4.50. The lowest BCUT2D eigenvalue weighted by atomic mass is 10.1. The molecule has 0 unspecified atom stereocenters. The molecule has 1 saturated heterocycles. The van der Waals surface area contributed by atoms with Crippen LogP contribution in [0.25, 0.3) is 0 Å². The van der Waals surface area contributed by atoms with Crippen LogP contribution in [0, 0.1) is 0 Å². The molecule has 0 bridgehead atoms. The van der Waals surface area contributed by atoms with E-state index in [1.54, 1.807) is 6.20 Å². The van der Waals surface area contributed by atoms with Gasteiger partial charge in [-0.1, -0.05) is 18.6 Å². The van der Waals surface area contributed by atoms with E-state index in [0.717, 1.165) is 31.1 Å². The van der Waals surface area contributed by atoms with E-state index in [2.05, 4.69) is 33.4 Å². The summed E-state index contributed by atoms with van der Waals surface area (Å²) in [4.78, 5) is 18.0. The minimum Gasteiger partial charge on any atom is -0.494 e. The molecule has 25 heavy (non-hydrogen) atoms. The lowest BCUT2D eigenvalue weighted by Gasteiger charge is -2.26. The zero-order valence-electron chi connectivity index (χ0n) is 14.7. The van der Waals surface area contributed by atoms with Gasteiger partial charge in [-0.15, -0.1) is 0 Å². The van der Waals surface area contributed by atoms with Gasteiger partial charge >= 0.3 is 0 Å². The SMILES string of the molecule is O=C1C=CN=C(NCCCOc2cccc(CN3CCCCC3)c2)C1. The number of carbonyl (C=O) groups excluding carboxylic acids is 1. The number of nitrogens with one attached hydrogen (secondary N) is 1. The number of ether oxygens (including phenoxy) is 1. The van der Waals surface area contributed by atoms with Crippen LogP contribution in [0.4, 0.5) is 0 Å². The Kier molecular flexibility index (Phi) is 6.63. The highest BCUT2D eigenvalue weighted by atomic mass is 16.5. The Morgan fingerprint density at radius 2 is 2.08 bits per heavy atom. The number of amidine groups is 1. The van der Waals surface area contributed by atoms with E-state index in [1.165, 1.54) is 44.0 Å². The number of hydrogen-bond donors (Lipinski definition) is 1. The van der Waals surface area contributed by atoms with Gasteiger partial charge in [-0.3, -0.25) is 9.69 Å². The minimum atomic E-state index is 0.0965. The van der Waals surface area contributed by atoms with Crippen molar-refractivity contribution in [3.05, 3.63) is 42.1 Å². The molecular weight excluding hydrogens is 314 g/mol. The van der Waals surface area contributed by atoms with Crippen molar-refractivity contribution in [1.29, 1.82) is 0 Å². The number of likely N-dealkylation sites (tertiary alicyclic amines) is 1. The maximum atomic E-state index is 11.3. The molecule has 2 aliphatic rings. The molecule has 1 fully saturated rings. The second kappa shape index (κ2) is 9.37. The van der Waals surface area contributed by atoms with Crippen LogP contribution in [0.1, 0.15) is 37.7 Å². The van der Waals surface area contributed by atoms with Gasteiger partial charge in [0.2, 0.25) is 0 Å². The normalized spacial score (nSPS) is 18.1. The van der Waals surface area contributed by atoms with Gasteiger partial charge in [0.05, 0.1) is 13.0 Å².